The van der Waals surface area contributed by atoms with Gasteiger partial charge in [0.15, 0.2) is 0 Å². The van der Waals surface area contributed by atoms with Crippen molar-refractivity contribution < 1.29 is 0 Å². The van der Waals surface area contributed by atoms with Gasteiger partial charge in [-0.05, 0) is 54.7 Å². The summed E-state index contributed by atoms with van der Waals surface area (Å²) < 4.78 is 0. The summed E-state index contributed by atoms with van der Waals surface area (Å²) in [4.78, 5) is 2.39. The molecule has 1 nitrogen and oxygen atoms in total. The van der Waals surface area contributed by atoms with E-state index in [-0.39, 0.29) is 0 Å². The fourth-order valence-corrected chi connectivity index (χ4v) is 3.94. The van der Waals surface area contributed by atoms with Gasteiger partial charge in [0.2, 0.25) is 0 Å². The molecule has 0 saturated carbocycles. The van der Waals surface area contributed by atoms with E-state index in [9.17, 15) is 0 Å². The predicted octanol–water partition coefficient (Wildman–Crippen LogP) is 8.10. The quantitative estimate of drug-likeness (QED) is 0.317. The number of para-hydroxylation sites is 1. The molecule has 0 amide bonds. The summed E-state index contributed by atoms with van der Waals surface area (Å²) in [6.07, 6.45) is 6.14. The largest absolute Gasteiger partial charge is 0.372 e. The molecule has 0 saturated heterocycles. The fourth-order valence-electron chi connectivity index (χ4n) is 3.94. The maximum Gasteiger partial charge on any atom is 0.0446 e. The van der Waals surface area contributed by atoms with Gasteiger partial charge in [-0.2, -0.15) is 0 Å². The molecule has 0 radical (unpaired) electrons. The van der Waals surface area contributed by atoms with E-state index in [0.717, 1.165) is 40.9 Å². The van der Waals surface area contributed by atoms with Crippen LogP contribution in [0.1, 0.15) is 36.1 Å². The van der Waals surface area contributed by atoms with Crippen molar-refractivity contribution in [2.24, 2.45) is 0 Å². The van der Waals surface area contributed by atoms with Crippen molar-refractivity contribution >= 4 is 17.3 Å². The maximum absolute atomic E-state index is 4.42. The zero-order valence-corrected chi connectivity index (χ0v) is 19.5. The minimum Gasteiger partial charge on any atom is -0.372 e. The normalized spacial score (nSPS) is 11.8. The summed E-state index contributed by atoms with van der Waals surface area (Å²) in [5.41, 5.74) is 9.13. The first-order valence-corrected chi connectivity index (χ1v) is 11.3. The van der Waals surface area contributed by atoms with Crippen LogP contribution >= 0.6 is 0 Å². The van der Waals surface area contributed by atoms with Crippen LogP contribution in [0.15, 0.2) is 115 Å². The first-order chi connectivity index (χ1) is 15.6. The second kappa shape index (κ2) is 11.2. The highest BCUT2D eigenvalue weighted by Crippen LogP contribution is 2.36. The standard InChI is InChI=1S/C31H33N/c1-6-28(25(5)20-23-26-21-18-24(4)19-22-26)31(27-14-10-9-11-15-27)29-16-12-13-17-30(29)32(7-2)8-3/h6,9-23H,1,5,7-8H2,2-4H3/b23-20+,31-28+. The summed E-state index contributed by atoms with van der Waals surface area (Å²) in [7, 11) is 0. The Hall–Kier alpha value is -3.58. The van der Waals surface area contributed by atoms with Crippen molar-refractivity contribution in [2.75, 3.05) is 18.0 Å². The number of anilines is 1. The minimum absolute atomic E-state index is 0.939. The summed E-state index contributed by atoms with van der Waals surface area (Å²) in [6, 6.07) is 27.7. The molecular weight excluding hydrogens is 386 g/mol. The van der Waals surface area contributed by atoms with Crippen LogP contribution in [0.25, 0.3) is 11.6 Å². The van der Waals surface area contributed by atoms with Gasteiger partial charge in [0.05, 0.1) is 0 Å². The zero-order chi connectivity index (χ0) is 22.9. The topological polar surface area (TPSA) is 3.24 Å². The SMILES string of the molecule is C=C/C(C(=C)/C=C/c1ccc(C)cc1)=C(/c1ccccc1)c1ccccc1N(CC)CC. The van der Waals surface area contributed by atoms with Crippen molar-refractivity contribution in [3.05, 3.63) is 138 Å². The average Bonchev–Trinajstić information content (AvgIpc) is 2.84. The summed E-state index contributed by atoms with van der Waals surface area (Å²) in [5.74, 6) is 0. The van der Waals surface area contributed by atoms with Gasteiger partial charge >= 0.3 is 0 Å². The van der Waals surface area contributed by atoms with Gasteiger partial charge in [-0.3, -0.25) is 0 Å². The molecule has 162 valence electrons. The molecule has 3 aromatic carbocycles. The lowest BCUT2D eigenvalue weighted by molar-refractivity contribution is 0.864. The van der Waals surface area contributed by atoms with Gasteiger partial charge in [0, 0.05) is 24.3 Å². The predicted molar refractivity (Wildman–Crippen MR) is 142 cm³/mol. The number of hydrogen-bond donors (Lipinski definition) is 0. The highest BCUT2D eigenvalue weighted by molar-refractivity contribution is 5.92. The van der Waals surface area contributed by atoms with E-state index < -0.39 is 0 Å². The molecule has 0 aromatic heterocycles. The maximum atomic E-state index is 4.42. The number of benzene rings is 3. The van der Waals surface area contributed by atoms with Gasteiger partial charge < -0.3 is 4.90 Å². The van der Waals surface area contributed by atoms with Crippen molar-refractivity contribution in [2.45, 2.75) is 20.8 Å². The molecule has 0 fully saturated rings. The monoisotopic (exact) mass is 419 g/mol. The zero-order valence-electron chi connectivity index (χ0n) is 19.5. The molecule has 0 aliphatic carbocycles. The van der Waals surface area contributed by atoms with E-state index in [0.29, 0.717) is 0 Å². The second-order valence-electron chi connectivity index (χ2n) is 7.82. The first-order valence-electron chi connectivity index (χ1n) is 11.3. The molecule has 32 heavy (non-hydrogen) atoms. The second-order valence-corrected chi connectivity index (χ2v) is 7.82. The lowest BCUT2D eigenvalue weighted by Gasteiger charge is -2.26. The van der Waals surface area contributed by atoms with Gasteiger partial charge in [0.25, 0.3) is 0 Å². The Kier molecular flexibility index (Phi) is 8.05. The summed E-state index contributed by atoms with van der Waals surface area (Å²) >= 11 is 0. The van der Waals surface area contributed by atoms with E-state index in [1.807, 2.05) is 6.08 Å². The van der Waals surface area contributed by atoms with Crippen LogP contribution in [-0.4, -0.2) is 13.1 Å². The fraction of sp³-hybridized carbons (Fsp3) is 0.161. The van der Waals surface area contributed by atoms with Crippen molar-refractivity contribution in [1.82, 2.24) is 0 Å². The third kappa shape index (κ3) is 5.36. The third-order valence-corrected chi connectivity index (χ3v) is 5.71. The number of aryl methyl sites for hydroxylation is 1. The minimum atomic E-state index is 0.939. The smallest absolute Gasteiger partial charge is 0.0446 e. The van der Waals surface area contributed by atoms with Crippen LogP contribution in [0.5, 0.6) is 0 Å². The Morgan fingerprint density at radius 3 is 2.09 bits per heavy atom. The molecule has 3 rings (SSSR count). The molecular formula is C31H33N. The van der Waals surface area contributed by atoms with E-state index in [4.69, 9.17) is 0 Å². The Labute approximate surface area is 193 Å². The molecule has 0 bridgehead atoms. The summed E-state index contributed by atoms with van der Waals surface area (Å²) in [6.45, 7) is 17.0. The van der Waals surface area contributed by atoms with E-state index >= 15 is 0 Å². The number of allylic oxidation sites excluding steroid dienone is 4. The van der Waals surface area contributed by atoms with Crippen LogP contribution in [0.2, 0.25) is 0 Å². The molecule has 0 spiro atoms. The first kappa shape index (κ1) is 23.1. The lowest BCUT2D eigenvalue weighted by Crippen LogP contribution is -2.23. The highest BCUT2D eigenvalue weighted by atomic mass is 15.1. The van der Waals surface area contributed by atoms with E-state index in [1.54, 1.807) is 0 Å². The number of rotatable bonds is 9. The third-order valence-electron chi connectivity index (χ3n) is 5.71. The molecule has 0 unspecified atom stereocenters. The molecule has 3 aromatic rings. The van der Waals surface area contributed by atoms with Crippen LogP contribution < -0.4 is 4.90 Å². The highest BCUT2D eigenvalue weighted by Gasteiger charge is 2.17. The Bertz CT molecular complexity index is 1110. The van der Waals surface area contributed by atoms with Crippen LogP contribution in [-0.2, 0) is 0 Å². The van der Waals surface area contributed by atoms with Gasteiger partial charge in [-0.25, -0.2) is 0 Å². The summed E-state index contributed by atoms with van der Waals surface area (Å²) in [5, 5.41) is 0. The van der Waals surface area contributed by atoms with Crippen molar-refractivity contribution in [3.8, 4) is 0 Å². The molecule has 0 aliphatic rings. The molecule has 1 heteroatoms. The molecule has 0 heterocycles. The van der Waals surface area contributed by atoms with E-state index in [1.165, 1.54) is 16.8 Å². The lowest BCUT2D eigenvalue weighted by atomic mass is 9.88. The van der Waals surface area contributed by atoms with Gasteiger partial charge in [0.1, 0.15) is 0 Å². The number of nitrogens with zero attached hydrogens (tertiary/aromatic N) is 1. The van der Waals surface area contributed by atoms with Crippen molar-refractivity contribution in [1.29, 1.82) is 0 Å². The van der Waals surface area contributed by atoms with Crippen LogP contribution in [0.3, 0.4) is 0 Å². The number of hydrogen-bond acceptors (Lipinski definition) is 1. The Morgan fingerprint density at radius 1 is 0.844 bits per heavy atom. The van der Waals surface area contributed by atoms with Crippen LogP contribution in [0.4, 0.5) is 5.69 Å². The molecule has 0 N–H and O–H groups in total. The van der Waals surface area contributed by atoms with Gasteiger partial charge in [-0.15, -0.1) is 0 Å². The molecule has 0 atom stereocenters. The molecule has 0 aliphatic heterocycles. The van der Waals surface area contributed by atoms with Crippen LogP contribution in [0, 0.1) is 6.92 Å². The Balaban J connectivity index is 2.17. The van der Waals surface area contributed by atoms with E-state index in [2.05, 4.69) is 130 Å². The average molecular weight is 420 g/mol. The Morgan fingerprint density at radius 2 is 1.47 bits per heavy atom. The van der Waals surface area contributed by atoms with Crippen molar-refractivity contribution in [3.63, 3.8) is 0 Å². The van der Waals surface area contributed by atoms with Gasteiger partial charge in [-0.1, -0.05) is 110 Å².